The number of amides is 1. The van der Waals surface area contributed by atoms with Crippen LogP contribution in [0.1, 0.15) is 15.9 Å². The number of benzene rings is 1. The first kappa shape index (κ1) is 17.3. The lowest BCUT2D eigenvalue weighted by atomic mass is 10.2. The highest BCUT2D eigenvalue weighted by Crippen LogP contribution is 2.20. The number of carbonyl (C=O) groups is 1. The van der Waals surface area contributed by atoms with Gasteiger partial charge in [-0.25, -0.2) is 18.1 Å². The number of nitrogens with one attached hydrogen (secondary N) is 2. The Bertz CT molecular complexity index is 1130. The summed E-state index contributed by atoms with van der Waals surface area (Å²) in [5, 5.41) is 4.28. The zero-order valence-corrected chi connectivity index (χ0v) is 14.9. The van der Waals surface area contributed by atoms with Gasteiger partial charge in [-0.2, -0.15) is 0 Å². The Morgan fingerprint density at radius 2 is 2.08 bits per heavy atom. The van der Waals surface area contributed by atoms with Gasteiger partial charge in [0.25, 0.3) is 11.5 Å². The van der Waals surface area contributed by atoms with E-state index in [-0.39, 0.29) is 10.5 Å². The number of hydrogen-bond donors (Lipinski definition) is 2. The Labute approximate surface area is 147 Å². The van der Waals surface area contributed by atoms with Gasteiger partial charge < -0.3 is 5.32 Å². The van der Waals surface area contributed by atoms with Crippen LogP contribution in [0.5, 0.6) is 0 Å². The van der Waals surface area contributed by atoms with Crippen molar-refractivity contribution in [1.29, 1.82) is 0 Å². The largest absolute Gasteiger partial charge is 0.321 e. The highest BCUT2D eigenvalue weighted by molar-refractivity contribution is 7.89. The van der Waals surface area contributed by atoms with Crippen molar-refractivity contribution in [3.8, 4) is 0 Å². The second-order valence-corrected chi connectivity index (χ2v) is 7.93. The molecule has 130 valence electrons. The molecule has 0 bridgehead atoms. The number of aromatic nitrogens is 2. The minimum atomic E-state index is -3.65. The summed E-state index contributed by atoms with van der Waals surface area (Å²) in [6.07, 6.45) is 2.75. The van der Waals surface area contributed by atoms with Crippen LogP contribution in [0, 0.1) is 6.92 Å². The van der Waals surface area contributed by atoms with Gasteiger partial charge in [0.05, 0.1) is 4.90 Å². The summed E-state index contributed by atoms with van der Waals surface area (Å²) in [4.78, 5) is 29.4. The molecule has 0 aliphatic heterocycles. The van der Waals surface area contributed by atoms with E-state index in [1.807, 2.05) is 0 Å². The molecular formula is C15H14N4O4S2. The molecule has 0 saturated carbocycles. The zero-order chi connectivity index (χ0) is 18.2. The molecule has 1 amide bonds. The van der Waals surface area contributed by atoms with Crippen molar-refractivity contribution >= 4 is 37.9 Å². The van der Waals surface area contributed by atoms with Gasteiger partial charge in [0.1, 0.15) is 5.56 Å². The molecule has 3 aromatic rings. The van der Waals surface area contributed by atoms with E-state index in [1.165, 1.54) is 47.3 Å². The topological polar surface area (TPSA) is 110 Å². The van der Waals surface area contributed by atoms with Gasteiger partial charge in [0, 0.05) is 23.5 Å². The van der Waals surface area contributed by atoms with Crippen LogP contribution in [-0.2, 0) is 10.0 Å². The van der Waals surface area contributed by atoms with E-state index in [0.717, 1.165) is 0 Å². The fraction of sp³-hybridized carbons (Fsp3) is 0.133. The van der Waals surface area contributed by atoms with Crippen LogP contribution in [-0.4, -0.2) is 30.8 Å². The molecule has 0 saturated heterocycles. The van der Waals surface area contributed by atoms with E-state index in [2.05, 4.69) is 15.0 Å². The number of thiazole rings is 1. The number of hydrogen-bond acceptors (Lipinski definition) is 6. The van der Waals surface area contributed by atoms with E-state index in [9.17, 15) is 18.0 Å². The van der Waals surface area contributed by atoms with Gasteiger partial charge in [0.15, 0.2) is 4.96 Å². The molecule has 8 nitrogen and oxygen atoms in total. The number of rotatable bonds is 4. The van der Waals surface area contributed by atoms with Crippen LogP contribution >= 0.6 is 11.3 Å². The van der Waals surface area contributed by atoms with E-state index in [1.54, 1.807) is 18.4 Å². The molecule has 0 fully saturated rings. The number of anilines is 1. The third-order valence-corrected chi connectivity index (χ3v) is 5.81. The predicted octanol–water partition coefficient (Wildman–Crippen LogP) is 1.22. The summed E-state index contributed by atoms with van der Waals surface area (Å²) in [5.41, 5.74) is 0.349. The van der Waals surface area contributed by atoms with Crippen LogP contribution in [0.2, 0.25) is 0 Å². The number of fused-ring (bicyclic) bond motifs is 1. The molecule has 2 N–H and O–H groups in total. The van der Waals surface area contributed by atoms with Crippen molar-refractivity contribution in [2.24, 2.45) is 0 Å². The van der Waals surface area contributed by atoms with Crippen molar-refractivity contribution < 1.29 is 13.2 Å². The Balaban J connectivity index is 1.99. The molecule has 0 spiro atoms. The number of nitrogens with zero attached hydrogens (tertiary/aromatic N) is 2. The second-order valence-electron chi connectivity index (χ2n) is 5.17. The Morgan fingerprint density at radius 1 is 1.32 bits per heavy atom. The lowest BCUT2D eigenvalue weighted by Gasteiger charge is -2.10. The fourth-order valence-electron chi connectivity index (χ4n) is 2.19. The normalized spacial score (nSPS) is 11.6. The lowest BCUT2D eigenvalue weighted by molar-refractivity contribution is 0.102. The highest BCUT2D eigenvalue weighted by atomic mass is 32.2. The average molecular weight is 378 g/mol. The van der Waals surface area contributed by atoms with Crippen LogP contribution in [0.4, 0.5) is 5.69 Å². The van der Waals surface area contributed by atoms with Crippen LogP contribution in [0.15, 0.2) is 45.7 Å². The van der Waals surface area contributed by atoms with E-state index in [4.69, 9.17) is 0 Å². The molecule has 3 rings (SSSR count). The number of aryl methyl sites for hydroxylation is 1. The molecule has 2 heterocycles. The van der Waals surface area contributed by atoms with Gasteiger partial charge in [-0.15, -0.1) is 11.3 Å². The van der Waals surface area contributed by atoms with E-state index in [0.29, 0.717) is 16.2 Å². The molecule has 10 heteroatoms. The van der Waals surface area contributed by atoms with Gasteiger partial charge in [0.2, 0.25) is 10.0 Å². The maximum atomic E-state index is 12.5. The quantitative estimate of drug-likeness (QED) is 0.709. The minimum Gasteiger partial charge on any atom is -0.321 e. The molecule has 25 heavy (non-hydrogen) atoms. The molecule has 1 aromatic carbocycles. The Hall–Kier alpha value is -2.56. The highest BCUT2D eigenvalue weighted by Gasteiger charge is 2.17. The monoisotopic (exact) mass is 378 g/mol. The van der Waals surface area contributed by atoms with Gasteiger partial charge in [-0.3, -0.25) is 14.0 Å². The molecule has 0 unspecified atom stereocenters. The van der Waals surface area contributed by atoms with Crippen LogP contribution in [0.25, 0.3) is 4.96 Å². The summed E-state index contributed by atoms with van der Waals surface area (Å²) < 4.78 is 27.3. The van der Waals surface area contributed by atoms with E-state index >= 15 is 0 Å². The molecule has 0 aliphatic carbocycles. The smallest absolute Gasteiger partial charge is 0.271 e. The Morgan fingerprint density at radius 3 is 2.80 bits per heavy atom. The first-order chi connectivity index (χ1) is 11.8. The maximum absolute atomic E-state index is 12.5. The number of sulfonamides is 1. The van der Waals surface area contributed by atoms with Crippen molar-refractivity contribution in [3.05, 3.63) is 57.5 Å². The summed E-state index contributed by atoms with van der Waals surface area (Å²) in [5.74, 6) is -0.653. The van der Waals surface area contributed by atoms with Gasteiger partial charge >= 0.3 is 0 Å². The lowest BCUT2D eigenvalue weighted by Crippen LogP contribution is -2.26. The maximum Gasteiger partial charge on any atom is 0.271 e. The van der Waals surface area contributed by atoms with Crippen LogP contribution in [0.3, 0.4) is 0 Å². The SMILES string of the molecule is CNS(=O)(=O)c1ccc(C)c(NC(=O)c2cnc3sccn3c2=O)c1. The summed E-state index contributed by atoms with van der Waals surface area (Å²) in [7, 11) is -2.34. The summed E-state index contributed by atoms with van der Waals surface area (Å²) in [6.45, 7) is 1.72. The van der Waals surface area contributed by atoms with Crippen LogP contribution < -0.4 is 15.6 Å². The van der Waals surface area contributed by atoms with Crippen molar-refractivity contribution in [3.63, 3.8) is 0 Å². The van der Waals surface area contributed by atoms with Crippen molar-refractivity contribution in [1.82, 2.24) is 14.1 Å². The Kier molecular flexibility index (Phi) is 4.41. The first-order valence-corrected chi connectivity index (χ1v) is 9.50. The molecule has 0 atom stereocenters. The third-order valence-electron chi connectivity index (χ3n) is 3.62. The average Bonchev–Trinajstić information content (AvgIpc) is 3.06. The molecule has 0 radical (unpaired) electrons. The molecule has 0 aliphatic rings. The summed E-state index contributed by atoms with van der Waals surface area (Å²) >= 11 is 1.28. The molecule has 2 aromatic heterocycles. The fourth-order valence-corrected chi connectivity index (χ4v) is 3.62. The van der Waals surface area contributed by atoms with Gasteiger partial charge in [-0.05, 0) is 31.7 Å². The zero-order valence-electron chi connectivity index (χ0n) is 13.3. The van der Waals surface area contributed by atoms with E-state index < -0.39 is 21.5 Å². The minimum absolute atomic E-state index is 0.0130. The summed E-state index contributed by atoms with van der Waals surface area (Å²) in [6, 6.07) is 4.35. The predicted molar refractivity (Wildman–Crippen MR) is 94.7 cm³/mol. The second kappa shape index (κ2) is 6.39. The third kappa shape index (κ3) is 3.18. The molecular weight excluding hydrogens is 364 g/mol. The number of carbonyl (C=O) groups excluding carboxylic acids is 1. The standard InChI is InChI=1S/C15H14N4O4S2/c1-9-3-4-10(25(22,23)16-2)7-12(9)18-13(20)11-8-17-15-19(14(11)21)5-6-24-15/h3-8,16H,1-2H3,(H,18,20). The first-order valence-electron chi connectivity index (χ1n) is 7.14. The van der Waals surface area contributed by atoms with Crippen molar-refractivity contribution in [2.75, 3.05) is 12.4 Å². The van der Waals surface area contributed by atoms with Gasteiger partial charge in [-0.1, -0.05) is 6.07 Å². The van der Waals surface area contributed by atoms with Crippen molar-refractivity contribution in [2.45, 2.75) is 11.8 Å².